The lowest BCUT2D eigenvalue weighted by Crippen LogP contribution is -2.42. The molecule has 0 radical (unpaired) electrons. The minimum Gasteiger partial charge on any atom is -0.377 e. The van der Waals surface area contributed by atoms with Crippen molar-refractivity contribution < 1.29 is 19.1 Å². The number of hydrogen-bond acceptors (Lipinski definition) is 4. The van der Waals surface area contributed by atoms with Crippen LogP contribution in [0.4, 0.5) is 5.69 Å². The molecule has 0 saturated carbocycles. The molecule has 1 heterocycles. The SMILES string of the molecule is CCOCc1cccc(NC(=O)C(=O)NCC(=O)N2CCCC2)c1. The van der Waals surface area contributed by atoms with Crippen molar-refractivity contribution in [1.29, 1.82) is 0 Å². The molecule has 1 fully saturated rings. The number of benzene rings is 1. The molecular formula is C17H23N3O4. The topological polar surface area (TPSA) is 87.7 Å². The van der Waals surface area contributed by atoms with Gasteiger partial charge in [-0.15, -0.1) is 0 Å². The number of carbonyl (C=O) groups is 3. The Morgan fingerprint density at radius 3 is 2.62 bits per heavy atom. The molecule has 7 nitrogen and oxygen atoms in total. The fourth-order valence-electron chi connectivity index (χ4n) is 2.46. The predicted molar refractivity (Wildman–Crippen MR) is 89.2 cm³/mol. The van der Waals surface area contributed by atoms with E-state index in [4.69, 9.17) is 4.74 Å². The van der Waals surface area contributed by atoms with Gasteiger partial charge in [-0.25, -0.2) is 0 Å². The summed E-state index contributed by atoms with van der Waals surface area (Å²) in [5.74, 6) is -1.78. The first-order chi connectivity index (χ1) is 11.6. The Kier molecular flexibility index (Phi) is 6.74. The van der Waals surface area contributed by atoms with Crippen molar-refractivity contribution in [1.82, 2.24) is 10.2 Å². The van der Waals surface area contributed by atoms with E-state index in [0.717, 1.165) is 18.4 Å². The maximum Gasteiger partial charge on any atom is 0.313 e. The first-order valence-corrected chi connectivity index (χ1v) is 8.13. The van der Waals surface area contributed by atoms with Gasteiger partial charge in [0.2, 0.25) is 5.91 Å². The van der Waals surface area contributed by atoms with Crippen molar-refractivity contribution in [3.63, 3.8) is 0 Å². The summed E-state index contributed by atoms with van der Waals surface area (Å²) >= 11 is 0. The predicted octanol–water partition coefficient (Wildman–Crippen LogP) is 0.900. The first kappa shape index (κ1) is 17.9. The second-order valence-electron chi connectivity index (χ2n) is 5.56. The van der Waals surface area contributed by atoms with E-state index < -0.39 is 11.8 Å². The van der Waals surface area contributed by atoms with Crippen LogP contribution < -0.4 is 10.6 Å². The van der Waals surface area contributed by atoms with Crippen LogP contribution in [0.2, 0.25) is 0 Å². The van der Waals surface area contributed by atoms with Gasteiger partial charge in [0.15, 0.2) is 0 Å². The lowest BCUT2D eigenvalue weighted by molar-refractivity contribution is -0.138. The fourth-order valence-corrected chi connectivity index (χ4v) is 2.46. The van der Waals surface area contributed by atoms with E-state index in [1.54, 1.807) is 23.1 Å². The zero-order valence-corrected chi connectivity index (χ0v) is 13.8. The number of anilines is 1. The van der Waals surface area contributed by atoms with E-state index in [9.17, 15) is 14.4 Å². The lowest BCUT2D eigenvalue weighted by Gasteiger charge is -2.15. The van der Waals surface area contributed by atoms with E-state index in [2.05, 4.69) is 10.6 Å². The maximum absolute atomic E-state index is 11.9. The van der Waals surface area contributed by atoms with Gasteiger partial charge in [-0.1, -0.05) is 12.1 Å². The summed E-state index contributed by atoms with van der Waals surface area (Å²) in [6.07, 6.45) is 1.97. The Bertz CT molecular complexity index is 597. The second-order valence-corrected chi connectivity index (χ2v) is 5.56. The van der Waals surface area contributed by atoms with Gasteiger partial charge in [-0.05, 0) is 37.5 Å². The standard InChI is InChI=1S/C17H23N3O4/c1-2-24-12-13-6-5-7-14(10-13)19-17(23)16(22)18-11-15(21)20-8-3-4-9-20/h5-7,10H,2-4,8-9,11-12H2,1H3,(H,18,22)(H,19,23). The number of rotatable bonds is 6. The Labute approximate surface area is 141 Å². The third-order valence-corrected chi connectivity index (χ3v) is 3.72. The third-order valence-electron chi connectivity index (χ3n) is 3.72. The second kappa shape index (κ2) is 9.02. The molecule has 1 aliphatic heterocycles. The summed E-state index contributed by atoms with van der Waals surface area (Å²) in [6, 6.07) is 7.09. The van der Waals surface area contributed by atoms with E-state index in [1.165, 1.54) is 0 Å². The molecule has 1 saturated heterocycles. The zero-order chi connectivity index (χ0) is 17.4. The van der Waals surface area contributed by atoms with Gasteiger partial charge in [-0.3, -0.25) is 14.4 Å². The maximum atomic E-state index is 11.9. The quantitative estimate of drug-likeness (QED) is 0.757. The van der Waals surface area contributed by atoms with E-state index in [-0.39, 0.29) is 12.5 Å². The van der Waals surface area contributed by atoms with E-state index in [1.807, 2.05) is 13.0 Å². The number of ether oxygens (including phenoxy) is 1. The molecule has 24 heavy (non-hydrogen) atoms. The largest absolute Gasteiger partial charge is 0.377 e. The van der Waals surface area contributed by atoms with Crippen LogP contribution in [0.15, 0.2) is 24.3 Å². The monoisotopic (exact) mass is 333 g/mol. The molecule has 0 atom stereocenters. The number of likely N-dealkylation sites (tertiary alicyclic amines) is 1. The highest BCUT2D eigenvalue weighted by Gasteiger charge is 2.20. The van der Waals surface area contributed by atoms with Crippen LogP contribution in [0.1, 0.15) is 25.3 Å². The molecule has 2 rings (SSSR count). The Morgan fingerprint density at radius 2 is 1.92 bits per heavy atom. The van der Waals surface area contributed by atoms with Crippen molar-refractivity contribution in [2.75, 3.05) is 31.6 Å². The van der Waals surface area contributed by atoms with E-state index >= 15 is 0 Å². The molecule has 0 aliphatic carbocycles. The lowest BCUT2D eigenvalue weighted by atomic mass is 10.2. The highest BCUT2D eigenvalue weighted by molar-refractivity contribution is 6.39. The van der Waals surface area contributed by atoms with Crippen LogP contribution in [-0.4, -0.2) is 48.9 Å². The van der Waals surface area contributed by atoms with Crippen molar-refractivity contribution in [3.8, 4) is 0 Å². The molecule has 1 aromatic rings. The minimum atomic E-state index is -0.822. The number of amides is 3. The highest BCUT2D eigenvalue weighted by atomic mass is 16.5. The minimum absolute atomic E-state index is 0.156. The normalized spacial score (nSPS) is 13.6. The molecule has 1 aliphatic rings. The van der Waals surface area contributed by atoms with Crippen molar-refractivity contribution in [2.45, 2.75) is 26.4 Å². The van der Waals surface area contributed by atoms with Gasteiger partial charge in [0, 0.05) is 25.4 Å². The van der Waals surface area contributed by atoms with Crippen LogP contribution in [0.5, 0.6) is 0 Å². The molecule has 0 unspecified atom stereocenters. The summed E-state index contributed by atoms with van der Waals surface area (Å²) in [5, 5.41) is 4.88. The highest BCUT2D eigenvalue weighted by Crippen LogP contribution is 2.11. The number of nitrogens with one attached hydrogen (secondary N) is 2. The molecule has 1 aromatic carbocycles. The molecule has 0 bridgehead atoms. The molecule has 0 aromatic heterocycles. The zero-order valence-electron chi connectivity index (χ0n) is 13.8. The molecule has 3 amide bonds. The third kappa shape index (κ3) is 5.34. The Balaban J connectivity index is 1.80. The van der Waals surface area contributed by atoms with Crippen molar-refractivity contribution in [2.24, 2.45) is 0 Å². The average Bonchev–Trinajstić information content (AvgIpc) is 3.12. The van der Waals surface area contributed by atoms with Gasteiger partial charge >= 0.3 is 11.8 Å². The summed E-state index contributed by atoms with van der Waals surface area (Å²) in [5.41, 5.74) is 1.41. The van der Waals surface area contributed by atoms with Gasteiger partial charge in [0.25, 0.3) is 0 Å². The smallest absolute Gasteiger partial charge is 0.313 e. The van der Waals surface area contributed by atoms with Gasteiger partial charge in [-0.2, -0.15) is 0 Å². The fraction of sp³-hybridized carbons (Fsp3) is 0.471. The van der Waals surface area contributed by atoms with Gasteiger partial charge < -0.3 is 20.3 Å². The van der Waals surface area contributed by atoms with Gasteiger partial charge in [0.05, 0.1) is 13.2 Å². The van der Waals surface area contributed by atoms with Crippen LogP contribution in [0.3, 0.4) is 0 Å². The molecule has 2 N–H and O–H groups in total. The number of hydrogen-bond donors (Lipinski definition) is 2. The molecule has 130 valence electrons. The van der Waals surface area contributed by atoms with Crippen LogP contribution >= 0.6 is 0 Å². The van der Waals surface area contributed by atoms with Crippen LogP contribution in [0, 0.1) is 0 Å². The summed E-state index contributed by atoms with van der Waals surface area (Å²) in [7, 11) is 0. The molecule has 7 heteroatoms. The van der Waals surface area contributed by atoms with Crippen LogP contribution in [0.25, 0.3) is 0 Å². The molecular weight excluding hydrogens is 310 g/mol. The van der Waals surface area contributed by atoms with Crippen molar-refractivity contribution >= 4 is 23.4 Å². The number of nitrogens with zero attached hydrogens (tertiary/aromatic N) is 1. The average molecular weight is 333 g/mol. The first-order valence-electron chi connectivity index (χ1n) is 8.13. The van der Waals surface area contributed by atoms with E-state index in [0.29, 0.717) is 32.0 Å². The summed E-state index contributed by atoms with van der Waals surface area (Å²) in [4.78, 5) is 37.2. The Hall–Kier alpha value is -2.41. The summed E-state index contributed by atoms with van der Waals surface area (Å²) in [6.45, 7) is 4.22. The van der Waals surface area contributed by atoms with Crippen LogP contribution in [-0.2, 0) is 25.7 Å². The summed E-state index contributed by atoms with van der Waals surface area (Å²) < 4.78 is 5.31. The molecule has 0 spiro atoms. The number of carbonyl (C=O) groups excluding carboxylic acids is 3. The van der Waals surface area contributed by atoms with Gasteiger partial charge in [0.1, 0.15) is 0 Å². The Morgan fingerprint density at radius 1 is 1.17 bits per heavy atom. The van der Waals surface area contributed by atoms with Crippen molar-refractivity contribution in [3.05, 3.63) is 29.8 Å².